The molecule has 1 aliphatic heterocycles. The predicted molar refractivity (Wildman–Crippen MR) is 111 cm³/mol. The van der Waals surface area contributed by atoms with Crippen molar-refractivity contribution < 1.29 is 19.4 Å². The summed E-state index contributed by atoms with van der Waals surface area (Å²) in [5.74, 6) is -1.10. The van der Waals surface area contributed by atoms with E-state index in [1.807, 2.05) is 24.3 Å². The Labute approximate surface area is 168 Å². The molecule has 4 rings (SSSR count). The van der Waals surface area contributed by atoms with Gasteiger partial charge in [-0.3, -0.25) is 14.5 Å². The molecule has 3 aromatic carbocycles. The molecular formula is C24H19NO4. The Balaban J connectivity index is 1.99. The number of carbonyl (C=O) groups is 2. The molecule has 5 nitrogen and oxygen atoms in total. The first-order valence-electron chi connectivity index (χ1n) is 9.18. The second-order valence-corrected chi connectivity index (χ2v) is 6.61. The molecule has 1 fully saturated rings. The van der Waals surface area contributed by atoms with E-state index >= 15 is 0 Å². The highest BCUT2D eigenvalue weighted by Crippen LogP contribution is 2.44. The number of Topliss-reactive ketones (excluding diaryl/α,β-unsaturated/α-hetero) is 1. The summed E-state index contributed by atoms with van der Waals surface area (Å²) in [7, 11) is 1.53. The Morgan fingerprint density at radius 1 is 0.862 bits per heavy atom. The van der Waals surface area contributed by atoms with Crippen molar-refractivity contribution in [2.45, 2.75) is 6.04 Å². The summed E-state index contributed by atoms with van der Waals surface area (Å²) in [6.45, 7) is 0. The van der Waals surface area contributed by atoms with E-state index in [4.69, 9.17) is 4.74 Å². The number of hydrogen-bond donors (Lipinski definition) is 1. The second-order valence-electron chi connectivity index (χ2n) is 6.61. The van der Waals surface area contributed by atoms with Crippen molar-refractivity contribution in [1.29, 1.82) is 0 Å². The highest BCUT2D eigenvalue weighted by molar-refractivity contribution is 6.51. The quantitative estimate of drug-likeness (QED) is 0.413. The van der Waals surface area contributed by atoms with Crippen LogP contribution >= 0.6 is 0 Å². The highest BCUT2D eigenvalue weighted by atomic mass is 16.5. The number of methoxy groups -OCH3 is 1. The smallest absolute Gasteiger partial charge is 0.300 e. The largest absolute Gasteiger partial charge is 0.507 e. The Hall–Kier alpha value is -3.86. The lowest BCUT2D eigenvalue weighted by Crippen LogP contribution is -2.29. The maximum Gasteiger partial charge on any atom is 0.300 e. The minimum absolute atomic E-state index is 0.0366. The van der Waals surface area contributed by atoms with Crippen LogP contribution in [0.25, 0.3) is 5.76 Å². The predicted octanol–water partition coefficient (Wildman–Crippen LogP) is 4.32. The fraction of sp³-hybridized carbons (Fsp3) is 0.0833. The normalized spacial score (nSPS) is 18.1. The van der Waals surface area contributed by atoms with E-state index in [0.717, 1.165) is 0 Å². The van der Waals surface area contributed by atoms with Crippen molar-refractivity contribution in [3.8, 4) is 5.75 Å². The number of nitrogens with zero attached hydrogens (tertiary/aromatic N) is 1. The summed E-state index contributed by atoms with van der Waals surface area (Å²) >= 11 is 0. The number of amides is 1. The first-order valence-corrected chi connectivity index (χ1v) is 9.18. The lowest BCUT2D eigenvalue weighted by atomic mass is 9.94. The average Bonchev–Trinajstić information content (AvgIpc) is 3.05. The van der Waals surface area contributed by atoms with Gasteiger partial charge in [-0.15, -0.1) is 0 Å². The van der Waals surface area contributed by atoms with Gasteiger partial charge >= 0.3 is 0 Å². The van der Waals surface area contributed by atoms with Gasteiger partial charge in [0.05, 0.1) is 18.7 Å². The zero-order valence-electron chi connectivity index (χ0n) is 15.8. The van der Waals surface area contributed by atoms with Crippen LogP contribution in [0.4, 0.5) is 5.69 Å². The van der Waals surface area contributed by atoms with Crippen LogP contribution in [0.3, 0.4) is 0 Å². The SMILES string of the molecule is COc1ccccc1[C@@H]1C(=C(O)c2ccccc2)C(=O)C(=O)N1c1ccccc1. The number of hydrogen-bond acceptors (Lipinski definition) is 4. The molecule has 0 unspecified atom stereocenters. The van der Waals surface area contributed by atoms with E-state index in [0.29, 0.717) is 22.6 Å². The van der Waals surface area contributed by atoms with Crippen molar-refractivity contribution in [3.05, 3.63) is 102 Å². The molecule has 0 aliphatic carbocycles. The van der Waals surface area contributed by atoms with Gasteiger partial charge in [0.2, 0.25) is 0 Å². The molecule has 0 radical (unpaired) electrons. The first-order chi connectivity index (χ1) is 14.1. The van der Waals surface area contributed by atoms with E-state index in [1.165, 1.54) is 12.0 Å². The second kappa shape index (κ2) is 7.64. The van der Waals surface area contributed by atoms with E-state index in [-0.39, 0.29) is 11.3 Å². The summed E-state index contributed by atoms with van der Waals surface area (Å²) in [6, 6.07) is 24.1. The van der Waals surface area contributed by atoms with Crippen LogP contribution in [0.15, 0.2) is 90.5 Å². The van der Waals surface area contributed by atoms with Gasteiger partial charge in [0, 0.05) is 16.8 Å². The van der Waals surface area contributed by atoms with Gasteiger partial charge in [0.25, 0.3) is 11.7 Å². The van der Waals surface area contributed by atoms with Crippen molar-refractivity contribution in [3.63, 3.8) is 0 Å². The number of aliphatic hydroxyl groups is 1. The van der Waals surface area contributed by atoms with Gasteiger partial charge < -0.3 is 9.84 Å². The number of ether oxygens (including phenoxy) is 1. The molecular weight excluding hydrogens is 366 g/mol. The summed E-state index contributed by atoms with van der Waals surface area (Å²) in [5.41, 5.74) is 1.70. The Morgan fingerprint density at radius 2 is 1.45 bits per heavy atom. The van der Waals surface area contributed by atoms with Crippen LogP contribution in [0.5, 0.6) is 5.75 Å². The summed E-state index contributed by atoms with van der Waals surface area (Å²) in [5, 5.41) is 11.0. The molecule has 1 atom stereocenters. The van der Waals surface area contributed by atoms with Crippen molar-refractivity contribution in [2.75, 3.05) is 12.0 Å². The number of rotatable bonds is 4. The van der Waals surface area contributed by atoms with E-state index in [9.17, 15) is 14.7 Å². The van der Waals surface area contributed by atoms with Crippen LogP contribution in [-0.4, -0.2) is 23.9 Å². The van der Waals surface area contributed by atoms with Crippen LogP contribution in [0.2, 0.25) is 0 Å². The van der Waals surface area contributed by atoms with Crippen LogP contribution in [0.1, 0.15) is 17.2 Å². The minimum Gasteiger partial charge on any atom is -0.507 e. The molecule has 1 aliphatic rings. The maximum absolute atomic E-state index is 13.0. The molecule has 29 heavy (non-hydrogen) atoms. The summed E-state index contributed by atoms with van der Waals surface area (Å²) in [4.78, 5) is 27.5. The molecule has 1 heterocycles. The molecule has 1 saturated heterocycles. The third kappa shape index (κ3) is 3.17. The topological polar surface area (TPSA) is 66.8 Å². The maximum atomic E-state index is 13.0. The van der Waals surface area contributed by atoms with Gasteiger partial charge in [-0.2, -0.15) is 0 Å². The van der Waals surface area contributed by atoms with E-state index in [2.05, 4.69) is 0 Å². The Bertz CT molecular complexity index is 1090. The molecule has 0 spiro atoms. The number of ketones is 1. The molecule has 0 bridgehead atoms. The van der Waals surface area contributed by atoms with E-state index in [1.54, 1.807) is 60.7 Å². The van der Waals surface area contributed by atoms with Crippen molar-refractivity contribution in [1.82, 2.24) is 0 Å². The Morgan fingerprint density at radius 3 is 2.10 bits per heavy atom. The third-order valence-corrected chi connectivity index (χ3v) is 4.96. The monoisotopic (exact) mass is 385 g/mol. The molecule has 1 N–H and O–H groups in total. The molecule has 144 valence electrons. The van der Waals surface area contributed by atoms with Gasteiger partial charge in [0.1, 0.15) is 11.5 Å². The van der Waals surface area contributed by atoms with Crippen molar-refractivity contribution in [2.24, 2.45) is 0 Å². The van der Waals surface area contributed by atoms with Crippen molar-refractivity contribution >= 4 is 23.1 Å². The fourth-order valence-electron chi connectivity index (χ4n) is 3.63. The van der Waals surface area contributed by atoms with Gasteiger partial charge in [-0.1, -0.05) is 66.7 Å². The number of carbonyl (C=O) groups excluding carboxylic acids is 2. The van der Waals surface area contributed by atoms with Gasteiger partial charge in [-0.05, 0) is 18.2 Å². The lowest BCUT2D eigenvalue weighted by molar-refractivity contribution is -0.132. The molecule has 0 aromatic heterocycles. The zero-order chi connectivity index (χ0) is 20.4. The van der Waals surface area contributed by atoms with Crippen LogP contribution in [-0.2, 0) is 9.59 Å². The summed E-state index contributed by atoms with van der Waals surface area (Å²) in [6.07, 6.45) is 0. The number of aliphatic hydroxyl groups excluding tert-OH is 1. The van der Waals surface area contributed by atoms with Crippen LogP contribution in [0, 0.1) is 0 Å². The number of benzene rings is 3. The lowest BCUT2D eigenvalue weighted by Gasteiger charge is -2.26. The average molecular weight is 385 g/mol. The third-order valence-electron chi connectivity index (χ3n) is 4.96. The first kappa shape index (κ1) is 18.5. The van der Waals surface area contributed by atoms with E-state index < -0.39 is 17.7 Å². The molecule has 3 aromatic rings. The summed E-state index contributed by atoms with van der Waals surface area (Å²) < 4.78 is 5.49. The minimum atomic E-state index is -0.811. The molecule has 0 saturated carbocycles. The number of para-hydroxylation sites is 2. The molecule has 5 heteroatoms. The van der Waals surface area contributed by atoms with Gasteiger partial charge in [-0.25, -0.2) is 0 Å². The zero-order valence-corrected chi connectivity index (χ0v) is 15.8. The van der Waals surface area contributed by atoms with Gasteiger partial charge in [0.15, 0.2) is 0 Å². The number of anilines is 1. The highest BCUT2D eigenvalue weighted by Gasteiger charge is 2.47. The Kier molecular flexibility index (Phi) is 4.87. The fourth-order valence-corrected chi connectivity index (χ4v) is 3.63. The molecule has 1 amide bonds. The van der Waals surface area contributed by atoms with Crippen LogP contribution < -0.4 is 9.64 Å². The standard InChI is InChI=1S/C24H19NO4/c1-29-19-15-9-8-14-18(19)21-20(22(26)16-10-4-2-5-11-16)23(27)24(28)25(21)17-12-6-3-7-13-17/h2-15,21,26H,1H3/t21-/m1/s1.